The van der Waals surface area contributed by atoms with Gasteiger partial charge in [-0.2, -0.15) is 0 Å². The maximum absolute atomic E-state index is 5.90. The Hall–Kier alpha value is -1.25. The van der Waals surface area contributed by atoms with Crippen molar-refractivity contribution < 1.29 is 4.42 Å². The molecule has 0 spiro atoms. The van der Waals surface area contributed by atoms with Gasteiger partial charge in [0.15, 0.2) is 0 Å². The molecule has 1 aliphatic rings. The highest BCUT2D eigenvalue weighted by Crippen LogP contribution is 2.24. The molecule has 3 rings (SSSR count). The van der Waals surface area contributed by atoms with Gasteiger partial charge in [0.2, 0.25) is 0 Å². The van der Waals surface area contributed by atoms with Crippen LogP contribution in [0.15, 0.2) is 40.8 Å². The number of hydrogen-bond acceptors (Lipinski definition) is 2. The predicted molar refractivity (Wildman–Crippen MR) is 82.9 cm³/mol. The van der Waals surface area contributed by atoms with Crippen molar-refractivity contribution in [2.75, 3.05) is 0 Å². The molecule has 3 heteroatoms. The van der Waals surface area contributed by atoms with Crippen molar-refractivity contribution >= 4 is 11.6 Å². The summed E-state index contributed by atoms with van der Waals surface area (Å²) in [6.45, 7) is 0.818. The molecule has 0 atom stereocenters. The summed E-state index contributed by atoms with van der Waals surface area (Å²) in [6, 6.07) is 12.5. The van der Waals surface area contributed by atoms with E-state index in [-0.39, 0.29) is 0 Å². The van der Waals surface area contributed by atoms with Crippen LogP contribution >= 0.6 is 11.6 Å². The zero-order valence-corrected chi connectivity index (χ0v) is 12.3. The van der Waals surface area contributed by atoms with Gasteiger partial charge in [-0.25, -0.2) is 0 Å². The van der Waals surface area contributed by atoms with Crippen LogP contribution in [0, 0.1) is 0 Å². The van der Waals surface area contributed by atoms with Gasteiger partial charge in [0.1, 0.15) is 11.5 Å². The summed E-state index contributed by atoms with van der Waals surface area (Å²) in [6.07, 6.45) is 6.69. The average molecular weight is 290 g/mol. The van der Waals surface area contributed by atoms with E-state index in [0.717, 1.165) is 28.7 Å². The maximum Gasteiger partial charge on any atom is 0.134 e. The van der Waals surface area contributed by atoms with Crippen LogP contribution < -0.4 is 5.32 Å². The van der Waals surface area contributed by atoms with Gasteiger partial charge in [0.05, 0.1) is 6.54 Å². The molecule has 2 nitrogen and oxygen atoms in total. The van der Waals surface area contributed by atoms with Gasteiger partial charge in [-0.3, -0.25) is 0 Å². The number of furan rings is 1. The number of rotatable bonds is 4. The quantitative estimate of drug-likeness (QED) is 0.855. The summed E-state index contributed by atoms with van der Waals surface area (Å²) >= 11 is 5.90. The van der Waals surface area contributed by atoms with E-state index in [2.05, 4.69) is 11.4 Å². The highest BCUT2D eigenvalue weighted by atomic mass is 35.5. The summed E-state index contributed by atoms with van der Waals surface area (Å²) < 4.78 is 5.90. The summed E-state index contributed by atoms with van der Waals surface area (Å²) in [5.41, 5.74) is 1.07. The molecule has 0 aliphatic heterocycles. The molecule has 1 aliphatic carbocycles. The Labute approximate surface area is 125 Å². The van der Waals surface area contributed by atoms with Gasteiger partial charge < -0.3 is 9.73 Å². The molecule has 1 aromatic carbocycles. The van der Waals surface area contributed by atoms with Crippen molar-refractivity contribution in [3.63, 3.8) is 0 Å². The Morgan fingerprint density at radius 2 is 1.75 bits per heavy atom. The average Bonchev–Trinajstić information content (AvgIpc) is 2.96. The molecular weight excluding hydrogens is 270 g/mol. The van der Waals surface area contributed by atoms with Crippen LogP contribution in [0.4, 0.5) is 0 Å². The number of benzene rings is 1. The third-order valence-corrected chi connectivity index (χ3v) is 4.21. The summed E-state index contributed by atoms with van der Waals surface area (Å²) in [4.78, 5) is 0. The molecule has 20 heavy (non-hydrogen) atoms. The lowest BCUT2D eigenvalue weighted by molar-refractivity contribution is 0.358. The first-order valence-electron chi connectivity index (χ1n) is 7.39. The van der Waals surface area contributed by atoms with E-state index in [1.807, 2.05) is 30.3 Å². The van der Waals surface area contributed by atoms with Gasteiger partial charge in [0.25, 0.3) is 0 Å². The lowest BCUT2D eigenvalue weighted by Gasteiger charge is -2.22. The lowest BCUT2D eigenvalue weighted by atomic mass is 9.95. The van der Waals surface area contributed by atoms with E-state index in [1.54, 1.807) is 0 Å². The number of halogens is 1. The van der Waals surface area contributed by atoms with E-state index >= 15 is 0 Å². The van der Waals surface area contributed by atoms with Crippen molar-refractivity contribution in [1.82, 2.24) is 5.32 Å². The summed E-state index contributed by atoms with van der Waals surface area (Å²) in [5.74, 6) is 1.91. The first-order valence-corrected chi connectivity index (χ1v) is 7.77. The van der Waals surface area contributed by atoms with Crippen molar-refractivity contribution in [3.8, 4) is 11.3 Å². The van der Waals surface area contributed by atoms with Crippen LogP contribution in [-0.4, -0.2) is 6.04 Å². The highest BCUT2D eigenvalue weighted by molar-refractivity contribution is 6.30. The van der Waals surface area contributed by atoms with Crippen LogP contribution in [-0.2, 0) is 6.54 Å². The molecule has 1 N–H and O–H groups in total. The van der Waals surface area contributed by atoms with Crippen molar-refractivity contribution in [2.24, 2.45) is 0 Å². The van der Waals surface area contributed by atoms with Crippen LogP contribution in [0.1, 0.15) is 37.9 Å². The van der Waals surface area contributed by atoms with Crippen molar-refractivity contribution in [1.29, 1.82) is 0 Å². The number of hydrogen-bond donors (Lipinski definition) is 1. The van der Waals surface area contributed by atoms with Crippen LogP contribution in [0.5, 0.6) is 0 Å². The first-order chi connectivity index (χ1) is 9.81. The Kier molecular flexibility index (Phi) is 4.44. The topological polar surface area (TPSA) is 25.2 Å². The maximum atomic E-state index is 5.90. The molecular formula is C17H20ClNO. The van der Waals surface area contributed by atoms with Crippen LogP contribution in [0.3, 0.4) is 0 Å². The second-order valence-corrected chi connectivity index (χ2v) is 5.93. The minimum Gasteiger partial charge on any atom is -0.460 e. The molecule has 2 aromatic rings. The normalized spacial score (nSPS) is 16.4. The van der Waals surface area contributed by atoms with Gasteiger partial charge in [-0.1, -0.05) is 30.9 Å². The van der Waals surface area contributed by atoms with Gasteiger partial charge in [-0.05, 0) is 49.2 Å². The third kappa shape index (κ3) is 3.44. The molecule has 1 heterocycles. The fourth-order valence-electron chi connectivity index (χ4n) is 2.79. The van der Waals surface area contributed by atoms with Crippen molar-refractivity contribution in [3.05, 3.63) is 47.2 Å². The largest absolute Gasteiger partial charge is 0.460 e. The van der Waals surface area contributed by atoms with Gasteiger partial charge in [0, 0.05) is 16.6 Å². The van der Waals surface area contributed by atoms with E-state index < -0.39 is 0 Å². The van der Waals surface area contributed by atoms with Crippen molar-refractivity contribution in [2.45, 2.75) is 44.7 Å². The molecule has 0 radical (unpaired) electrons. The minimum absolute atomic E-state index is 0.660. The Bertz CT molecular complexity index is 540. The zero-order valence-electron chi connectivity index (χ0n) is 11.6. The molecule has 0 unspecified atom stereocenters. The molecule has 1 saturated carbocycles. The predicted octanol–water partition coefficient (Wildman–Crippen LogP) is 5.02. The Balaban J connectivity index is 1.60. The van der Waals surface area contributed by atoms with E-state index in [4.69, 9.17) is 16.0 Å². The fourth-order valence-corrected chi connectivity index (χ4v) is 2.92. The third-order valence-electron chi connectivity index (χ3n) is 3.96. The Morgan fingerprint density at radius 3 is 2.50 bits per heavy atom. The fraction of sp³-hybridized carbons (Fsp3) is 0.412. The molecule has 1 fully saturated rings. The van der Waals surface area contributed by atoms with E-state index in [9.17, 15) is 0 Å². The minimum atomic E-state index is 0.660. The second kappa shape index (κ2) is 6.47. The molecule has 0 amide bonds. The monoisotopic (exact) mass is 289 g/mol. The van der Waals surface area contributed by atoms with Crippen LogP contribution in [0.25, 0.3) is 11.3 Å². The van der Waals surface area contributed by atoms with Gasteiger partial charge >= 0.3 is 0 Å². The SMILES string of the molecule is Clc1ccc(-c2ccc(CNC3CCCCC3)o2)cc1. The molecule has 0 bridgehead atoms. The Morgan fingerprint density at radius 1 is 1.00 bits per heavy atom. The second-order valence-electron chi connectivity index (χ2n) is 5.49. The van der Waals surface area contributed by atoms with E-state index in [0.29, 0.717) is 6.04 Å². The summed E-state index contributed by atoms with van der Waals surface area (Å²) in [7, 11) is 0. The first kappa shape index (κ1) is 13.7. The standard InChI is InChI=1S/C17H20ClNO/c18-14-8-6-13(7-9-14)17-11-10-16(20-17)12-19-15-4-2-1-3-5-15/h6-11,15,19H,1-5,12H2. The van der Waals surface area contributed by atoms with E-state index in [1.165, 1.54) is 32.1 Å². The molecule has 1 aromatic heterocycles. The zero-order chi connectivity index (χ0) is 13.8. The summed E-state index contributed by atoms with van der Waals surface area (Å²) in [5, 5.41) is 4.35. The molecule has 0 saturated heterocycles. The highest BCUT2D eigenvalue weighted by Gasteiger charge is 2.13. The lowest BCUT2D eigenvalue weighted by Crippen LogP contribution is -2.30. The molecule has 106 valence electrons. The van der Waals surface area contributed by atoms with Crippen LogP contribution in [0.2, 0.25) is 5.02 Å². The van der Waals surface area contributed by atoms with Gasteiger partial charge in [-0.15, -0.1) is 0 Å². The smallest absolute Gasteiger partial charge is 0.134 e. The number of nitrogens with one attached hydrogen (secondary N) is 1.